The first-order valence-electron chi connectivity index (χ1n) is 4.59. The average Bonchev–Trinajstić information content (AvgIpc) is 2.17. The van der Waals surface area contributed by atoms with Crippen molar-refractivity contribution in [2.75, 3.05) is 6.61 Å². The lowest BCUT2D eigenvalue weighted by atomic mass is 10.2. The second-order valence-corrected chi connectivity index (χ2v) is 3.12. The fourth-order valence-electron chi connectivity index (χ4n) is 1.08. The topological polar surface area (TPSA) is 29.5 Å². The zero-order valence-corrected chi connectivity index (χ0v) is 7.94. The molecule has 72 valence electrons. The van der Waals surface area contributed by atoms with E-state index in [-0.39, 0.29) is 12.7 Å². The van der Waals surface area contributed by atoms with E-state index < -0.39 is 0 Å². The highest BCUT2D eigenvalue weighted by Crippen LogP contribution is 2.04. The van der Waals surface area contributed by atoms with Crippen molar-refractivity contribution in [1.29, 1.82) is 0 Å². The van der Waals surface area contributed by atoms with Gasteiger partial charge in [0.2, 0.25) is 0 Å². The van der Waals surface area contributed by atoms with Gasteiger partial charge in [-0.25, -0.2) is 0 Å². The summed E-state index contributed by atoms with van der Waals surface area (Å²) in [5.41, 5.74) is 1.17. The van der Waals surface area contributed by atoms with E-state index in [1.165, 1.54) is 5.56 Å². The summed E-state index contributed by atoms with van der Waals surface area (Å²) < 4.78 is 5.51. The summed E-state index contributed by atoms with van der Waals surface area (Å²) in [6.45, 7) is 2.79. The summed E-state index contributed by atoms with van der Waals surface area (Å²) in [6.07, 6.45) is 0.831. The van der Waals surface area contributed by atoms with Crippen molar-refractivity contribution in [3.05, 3.63) is 35.9 Å². The molecule has 0 saturated carbocycles. The van der Waals surface area contributed by atoms with Crippen molar-refractivity contribution in [2.24, 2.45) is 0 Å². The zero-order valence-electron chi connectivity index (χ0n) is 7.94. The molecule has 0 heterocycles. The molecule has 0 bridgehead atoms. The van der Waals surface area contributed by atoms with E-state index in [1.54, 1.807) is 0 Å². The second-order valence-electron chi connectivity index (χ2n) is 3.12. The van der Waals surface area contributed by atoms with E-state index in [2.05, 4.69) is 0 Å². The van der Waals surface area contributed by atoms with E-state index in [4.69, 9.17) is 9.84 Å². The summed E-state index contributed by atoms with van der Waals surface area (Å²) in [6, 6.07) is 10.0. The highest BCUT2D eigenvalue weighted by atomic mass is 16.5. The third-order valence-corrected chi connectivity index (χ3v) is 1.91. The third kappa shape index (κ3) is 4.06. The first kappa shape index (κ1) is 10.2. The smallest absolute Gasteiger partial charge is 0.0720 e. The summed E-state index contributed by atoms with van der Waals surface area (Å²) in [5.74, 6) is 0. The Kier molecular flexibility index (Phi) is 4.50. The van der Waals surface area contributed by atoms with Crippen LogP contribution in [0.4, 0.5) is 0 Å². The maximum absolute atomic E-state index is 8.65. The highest BCUT2D eigenvalue weighted by Gasteiger charge is 2.00. The summed E-state index contributed by atoms with van der Waals surface area (Å²) in [7, 11) is 0. The third-order valence-electron chi connectivity index (χ3n) is 1.91. The van der Waals surface area contributed by atoms with Crippen LogP contribution in [0.3, 0.4) is 0 Å². The molecule has 2 nitrogen and oxygen atoms in total. The van der Waals surface area contributed by atoms with E-state index in [0.29, 0.717) is 13.0 Å². The monoisotopic (exact) mass is 180 g/mol. The number of benzene rings is 1. The molecule has 2 heteroatoms. The lowest BCUT2D eigenvalue weighted by Gasteiger charge is -2.11. The largest absolute Gasteiger partial charge is 0.396 e. The van der Waals surface area contributed by atoms with Crippen LogP contribution in [0.5, 0.6) is 0 Å². The van der Waals surface area contributed by atoms with Gasteiger partial charge in [-0.05, 0) is 18.9 Å². The van der Waals surface area contributed by atoms with Crippen LogP contribution in [0, 0.1) is 0 Å². The number of rotatable bonds is 5. The van der Waals surface area contributed by atoms with E-state index in [9.17, 15) is 0 Å². The maximum atomic E-state index is 8.65. The quantitative estimate of drug-likeness (QED) is 0.750. The van der Waals surface area contributed by atoms with E-state index in [1.807, 2.05) is 37.3 Å². The average molecular weight is 180 g/mol. The van der Waals surface area contributed by atoms with Gasteiger partial charge in [0, 0.05) is 6.61 Å². The SMILES string of the molecule is C[C@@H](CCO)OCc1ccccc1. The first-order chi connectivity index (χ1) is 6.33. The molecule has 0 aliphatic heterocycles. The molecule has 0 aliphatic carbocycles. The molecule has 0 radical (unpaired) electrons. The lowest BCUT2D eigenvalue weighted by Crippen LogP contribution is -2.09. The second kappa shape index (κ2) is 5.73. The molecule has 0 amide bonds. The summed E-state index contributed by atoms with van der Waals surface area (Å²) in [4.78, 5) is 0. The molecule has 0 aromatic heterocycles. The Bertz CT molecular complexity index is 221. The Morgan fingerprint density at radius 2 is 2.00 bits per heavy atom. The minimum atomic E-state index is 0.130. The fourth-order valence-corrected chi connectivity index (χ4v) is 1.08. The van der Waals surface area contributed by atoms with Crippen LogP contribution in [0.25, 0.3) is 0 Å². The predicted octanol–water partition coefficient (Wildman–Crippen LogP) is 1.97. The van der Waals surface area contributed by atoms with Gasteiger partial charge < -0.3 is 9.84 Å². The van der Waals surface area contributed by atoms with Gasteiger partial charge in [0.15, 0.2) is 0 Å². The molecule has 1 rings (SSSR count). The van der Waals surface area contributed by atoms with Crippen LogP contribution >= 0.6 is 0 Å². The number of hydrogen-bond acceptors (Lipinski definition) is 2. The van der Waals surface area contributed by atoms with Crippen LogP contribution in [-0.2, 0) is 11.3 Å². The lowest BCUT2D eigenvalue weighted by molar-refractivity contribution is 0.0363. The van der Waals surface area contributed by atoms with Crippen LogP contribution in [0.1, 0.15) is 18.9 Å². The Morgan fingerprint density at radius 1 is 1.31 bits per heavy atom. The van der Waals surface area contributed by atoms with Gasteiger partial charge in [-0.1, -0.05) is 30.3 Å². The van der Waals surface area contributed by atoms with E-state index in [0.717, 1.165) is 0 Å². The number of hydrogen-bond donors (Lipinski definition) is 1. The Hall–Kier alpha value is -0.860. The van der Waals surface area contributed by atoms with Crippen molar-refractivity contribution >= 4 is 0 Å². The van der Waals surface area contributed by atoms with E-state index >= 15 is 0 Å². The standard InChI is InChI=1S/C11H16O2/c1-10(7-8-12)13-9-11-5-3-2-4-6-11/h2-6,10,12H,7-9H2,1H3/t10-/m0/s1. The minimum Gasteiger partial charge on any atom is -0.396 e. The Labute approximate surface area is 79.2 Å². The normalized spacial score (nSPS) is 12.8. The van der Waals surface area contributed by atoms with Crippen molar-refractivity contribution < 1.29 is 9.84 Å². The van der Waals surface area contributed by atoms with Gasteiger partial charge >= 0.3 is 0 Å². The zero-order chi connectivity index (χ0) is 9.52. The first-order valence-corrected chi connectivity index (χ1v) is 4.59. The van der Waals surface area contributed by atoms with Crippen LogP contribution < -0.4 is 0 Å². The molecule has 0 spiro atoms. The Morgan fingerprint density at radius 3 is 2.62 bits per heavy atom. The van der Waals surface area contributed by atoms with Crippen molar-refractivity contribution in [3.8, 4) is 0 Å². The molecule has 0 unspecified atom stereocenters. The molecule has 1 aromatic carbocycles. The summed E-state index contributed by atoms with van der Waals surface area (Å²) in [5, 5.41) is 8.65. The van der Waals surface area contributed by atoms with Crippen LogP contribution in [0.2, 0.25) is 0 Å². The molecule has 1 atom stereocenters. The van der Waals surface area contributed by atoms with Gasteiger partial charge in [-0.3, -0.25) is 0 Å². The van der Waals surface area contributed by atoms with Gasteiger partial charge in [0.1, 0.15) is 0 Å². The molecule has 0 fully saturated rings. The van der Waals surface area contributed by atoms with Crippen molar-refractivity contribution in [2.45, 2.75) is 26.1 Å². The molecule has 0 saturated heterocycles. The van der Waals surface area contributed by atoms with Gasteiger partial charge in [0.05, 0.1) is 12.7 Å². The van der Waals surface area contributed by atoms with Gasteiger partial charge in [0.25, 0.3) is 0 Å². The number of aliphatic hydroxyl groups excluding tert-OH is 1. The van der Waals surface area contributed by atoms with Gasteiger partial charge in [-0.15, -0.1) is 0 Å². The number of aliphatic hydroxyl groups is 1. The van der Waals surface area contributed by atoms with Crippen LogP contribution in [0.15, 0.2) is 30.3 Å². The summed E-state index contributed by atoms with van der Waals surface area (Å²) >= 11 is 0. The predicted molar refractivity (Wildman–Crippen MR) is 52.4 cm³/mol. The minimum absolute atomic E-state index is 0.130. The van der Waals surface area contributed by atoms with Crippen molar-refractivity contribution in [3.63, 3.8) is 0 Å². The molecule has 0 aliphatic rings. The fraction of sp³-hybridized carbons (Fsp3) is 0.455. The molecule has 1 aromatic rings. The molecular weight excluding hydrogens is 164 g/mol. The number of ether oxygens (including phenoxy) is 1. The molecular formula is C11H16O2. The molecule has 1 N–H and O–H groups in total. The van der Waals surface area contributed by atoms with Crippen molar-refractivity contribution in [1.82, 2.24) is 0 Å². The molecule has 13 heavy (non-hydrogen) atoms. The van der Waals surface area contributed by atoms with Crippen LogP contribution in [-0.4, -0.2) is 17.8 Å². The highest BCUT2D eigenvalue weighted by molar-refractivity contribution is 5.13. The maximum Gasteiger partial charge on any atom is 0.0720 e. The van der Waals surface area contributed by atoms with Gasteiger partial charge in [-0.2, -0.15) is 0 Å². The Balaban J connectivity index is 2.27.